The van der Waals surface area contributed by atoms with Crippen LogP contribution in [0.15, 0.2) is 91.0 Å². The molecule has 1 aliphatic carbocycles. The van der Waals surface area contributed by atoms with Crippen LogP contribution < -0.4 is 0 Å². The third-order valence-electron chi connectivity index (χ3n) is 7.74. The summed E-state index contributed by atoms with van der Waals surface area (Å²) in [5, 5.41) is 27.4. The second-order valence-electron chi connectivity index (χ2n) is 9.33. The second kappa shape index (κ2) is 8.23. The molecule has 3 aromatic rings. The summed E-state index contributed by atoms with van der Waals surface area (Å²) < 4.78 is -0.292. The molecular weight excluding hydrogens is 382 g/mol. The van der Waals surface area contributed by atoms with Crippen molar-refractivity contribution in [2.75, 3.05) is 6.54 Å². The molecule has 0 amide bonds. The average Bonchev–Trinajstić information content (AvgIpc) is 3.43. The van der Waals surface area contributed by atoms with E-state index in [0.717, 1.165) is 42.4 Å². The van der Waals surface area contributed by atoms with E-state index in [1.165, 1.54) is 0 Å². The molecule has 1 saturated carbocycles. The predicted octanol–water partition coefficient (Wildman–Crippen LogP) is 5.42. The summed E-state index contributed by atoms with van der Waals surface area (Å²) in [4.78, 5) is 0. The van der Waals surface area contributed by atoms with E-state index in [2.05, 4.69) is 12.1 Å². The normalized spacial score (nSPS) is 26.5. The van der Waals surface area contributed by atoms with Gasteiger partial charge in [0, 0.05) is 25.2 Å². The number of fused-ring (bicyclic) bond motifs is 1. The van der Waals surface area contributed by atoms with Crippen molar-refractivity contribution < 1.29 is 9.75 Å². The van der Waals surface area contributed by atoms with E-state index in [0.29, 0.717) is 18.9 Å². The smallest absolute Gasteiger partial charge is 0.167 e. The number of likely N-dealkylation sites (tertiary alicyclic amines) is 1. The molecule has 1 saturated heterocycles. The number of rotatable bonds is 6. The number of aliphatic hydroxyl groups is 1. The summed E-state index contributed by atoms with van der Waals surface area (Å²) in [6.07, 6.45) is 4.77. The van der Waals surface area contributed by atoms with Crippen LogP contribution >= 0.6 is 0 Å². The largest absolute Gasteiger partial charge is 0.632 e. The number of quaternary nitrogens is 1. The van der Waals surface area contributed by atoms with Crippen LogP contribution in [0, 0.1) is 11.1 Å². The Morgan fingerprint density at radius 3 is 1.94 bits per heavy atom. The van der Waals surface area contributed by atoms with Gasteiger partial charge in [-0.15, -0.1) is 0 Å². The van der Waals surface area contributed by atoms with Gasteiger partial charge in [0.1, 0.15) is 6.04 Å². The van der Waals surface area contributed by atoms with Gasteiger partial charge in [0.15, 0.2) is 5.60 Å². The molecular formula is C28H31NO2. The van der Waals surface area contributed by atoms with Gasteiger partial charge in [0.2, 0.25) is 0 Å². The van der Waals surface area contributed by atoms with Crippen molar-refractivity contribution in [3.8, 4) is 0 Å². The average molecular weight is 414 g/mol. The van der Waals surface area contributed by atoms with Crippen molar-refractivity contribution in [3.05, 3.63) is 113 Å². The number of hydrogen-bond donors (Lipinski definition) is 1. The van der Waals surface area contributed by atoms with Gasteiger partial charge in [-0.3, -0.25) is 0 Å². The van der Waals surface area contributed by atoms with E-state index in [1.54, 1.807) is 0 Å². The highest BCUT2D eigenvalue weighted by molar-refractivity contribution is 5.38. The molecule has 160 valence electrons. The third-order valence-corrected chi connectivity index (χ3v) is 7.74. The molecule has 0 aromatic heterocycles. The molecule has 3 nitrogen and oxygen atoms in total. The van der Waals surface area contributed by atoms with Crippen molar-refractivity contribution >= 4 is 0 Å². The Morgan fingerprint density at radius 2 is 1.35 bits per heavy atom. The van der Waals surface area contributed by atoms with Gasteiger partial charge in [-0.2, -0.15) is 0 Å². The van der Waals surface area contributed by atoms with E-state index in [4.69, 9.17) is 0 Å². The molecule has 4 atom stereocenters. The fourth-order valence-corrected chi connectivity index (χ4v) is 6.24. The maximum Gasteiger partial charge on any atom is 0.167 e. The van der Waals surface area contributed by atoms with Crippen LogP contribution in [0.5, 0.6) is 0 Å². The van der Waals surface area contributed by atoms with E-state index < -0.39 is 11.6 Å². The first kappa shape index (κ1) is 20.4. The van der Waals surface area contributed by atoms with Crippen LogP contribution in [-0.4, -0.2) is 28.4 Å². The van der Waals surface area contributed by atoms with Crippen molar-refractivity contribution in [3.63, 3.8) is 0 Å². The second-order valence-corrected chi connectivity index (χ2v) is 9.33. The van der Waals surface area contributed by atoms with Crippen molar-refractivity contribution in [1.29, 1.82) is 0 Å². The van der Waals surface area contributed by atoms with Crippen LogP contribution in [0.3, 0.4) is 0 Å². The zero-order valence-electron chi connectivity index (χ0n) is 17.9. The highest BCUT2D eigenvalue weighted by Gasteiger charge is 2.56. The van der Waals surface area contributed by atoms with Crippen molar-refractivity contribution in [2.45, 2.75) is 49.8 Å². The van der Waals surface area contributed by atoms with Crippen LogP contribution in [-0.2, 0) is 12.0 Å². The molecule has 0 unspecified atom stereocenters. The molecule has 1 N–H and O–H groups in total. The lowest BCUT2D eigenvalue weighted by atomic mass is 9.76. The van der Waals surface area contributed by atoms with Crippen LogP contribution in [0.25, 0.3) is 0 Å². The van der Waals surface area contributed by atoms with Gasteiger partial charge in [-0.1, -0.05) is 91.0 Å². The number of hydrogen-bond acceptors (Lipinski definition) is 2. The fourth-order valence-electron chi connectivity index (χ4n) is 6.24. The minimum Gasteiger partial charge on any atom is -0.632 e. The lowest BCUT2D eigenvalue weighted by Gasteiger charge is -2.55. The summed E-state index contributed by atoms with van der Waals surface area (Å²) in [7, 11) is 0. The van der Waals surface area contributed by atoms with E-state index in [1.807, 2.05) is 78.9 Å². The van der Waals surface area contributed by atoms with Crippen LogP contribution in [0.1, 0.15) is 42.4 Å². The minimum atomic E-state index is -1.36. The standard InChI is InChI=1S/C28H31NO2/c30-28(24-14-6-2-7-15-24,25-16-8-3-9-17-25)27(21-22-11-4-1-5-12-22)29(31)20-19-23-13-10-18-26(23)29/h1-9,11-12,14-17,23,26-27,30H,10,13,18-21H2/t23-,26-,27-,29-/m0/s1. The van der Waals surface area contributed by atoms with Crippen molar-refractivity contribution in [2.24, 2.45) is 5.92 Å². The molecule has 5 rings (SSSR count). The Morgan fingerprint density at radius 1 is 0.806 bits per heavy atom. The lowest BCUT2D eigenvalue weighted by Crippen LogP contribution is -2.63. The summed E-state index contributed by atoms with van der Waals surface area (Å²) in [5.74, 6) is 0.492. The highest BCUT2D eigenvalue weighted by Crippen LogP contribution is 2.49. The first-order chi connectivity index (χ1) is 15.1. The number of benzene rings is 3. The zero-order valence-corrected chi connectivity index (χ0v) is 17.9. The van der Waals surface area contributed by atoms with Crippen LogP contribution in [0.2, 0.25) is 0 Å². The molecule has 2 fully saturated rings. The van der Waals surface area contributed by atoms with Gasteiger partial charge >= 0.3 is 0 Å². The monoisotopic (exact) mass is 413 g/mol. The first-order valence-electron chi connectivity index (χ1n) is 11.6. The highest BCUT2D eigenvalue weighted by atomic mass is 16.6. The molecule has 1 aliphatic heterocycles. The SMILES string of the molecule is [O-][N@@+]1([C@@H](Cc2ccccc2)C(O)(c2ccccc2)c2ccccc2)CC[C@@H]2CCC[C@@H]21. The summed E-state index contributed by atoms with van der Waals surface area (Å²) in [5.41, 5.74) is 1.35. The van der Waals surface area contributed by atoms with Gasteiger partial charge in [-0.05, 0) is 29.5 Å². The topological polar surface area (TPSA) is 43.3 Å². The third kappa shape index (κ3) is 3.51. The first-order valence-corrected chi connectivity index (χ1v) is 11.6. The van der Waals surface area contributed by atoms with E-state index in [-0.39, 0.29) is 10.7 Å². The van der Waals surface area contributed by atoms with Gasteiger partial charge in [0.05, 0.1) is 12.6 Å². The summed E-state index contributed by atoms with van der Waals surface area (Å²) in [6.45, 7) is 0.592. The van der Waals surface area contributed by atoms with Gasteiger partial charge < -0.3 is 15.0 Å². The fraction of sp³-hybridized carbons (Fsp3) is 0.357. The molecule has 0 bridgehead atoms. The molecule has 0 radical (unpaired) electrons. The van der Waals surface area contributed by atoms with E-state index in [9.17, 15) is 10.3 Å². The Bertz CT molecular complexity index is 952. The molecule has 3 aromatic carbocycles. The number of nitrogens with zero attached hydrogens (tertiary/aromatic N) is 1. The summed E-state index contributed by atoms with van der Waals surface area (Å²) in [6, 6.07) is 29.4. The Kier molecular flexibility index (Phi) is 5.43. The lowest BCUT2D eigenvalue weighted by molar-refractivity contribution is -0.925. The summed E-state index contributed by atoms with van der Waals surface area (Å²) >= 11 is 0. The molecule has 31 heavy (non-hydrogen) atoms. The Balaban J connectivity index is 1.69. The minimum absolute atomic E-state index is 0.0904. The maximum atomic E-state index is 14.8. The quantitative estimate of drug-likeness (QED) is 0.433. The molecule has 3 heteroatoms. The Labute approximate surface area is 185 Å². The maximum absolute atomic E-state index is 14.8. The zero-order chi connectivity index (χ0) is 21.3. The Hall–Kier alpha value is -2.46. The van der Waals surface area contributed by atoms with E-state index >= 15 is 0 Å². The predicted molar refractivity (Wildman–Crippen MR) is 124 cm³/mol. The number of hydroxylamine groups is 3. The molecule has 2 aliphatic rings. The van der Waals surface area contributed by atoms with Crippen LogP contribution in [0.4, 0.5) is 0 Å². The molecule has 1 heterocycles. The van der Waals surface area contributed by atoms with Crippen molar-refractivity contribution in [1.82, 2.24) is 0 Å². The molecule has 0 spiro atoms. The van der Waals surface area contributed by atoms with Gasteiger partial charge in [0.25, 0.3) is 0 Å². The van der Waals surface area contributed by atoms with Gasteiger partial charge in [-0.25, -0.2) is 0 Å².